The summed E-state index contributed by atoms with van der Waals surface area (Å²) in [7, 11) is -3.59. The van der Waals surface area contributed by atoms with Gasteiger partial charge < -0.3 is 34.2 Å². The van der Waals surface area contributed by atoms with Crippen molar-refractivity contribution in [2.75, 3.05) is 23.4 Å². The molecule has 3 heterocycles. The third-order valence-corrected chi connectivity index (χ3v) is 11.8. The Bertz CT molecular complexity index is 1500. The smallest absolute Gasteiger partial charge is 0.269 e. The number of ether oxygens (including phenoxy) is 1. The summed E-state index contributed by atoms with van der Waals surface area (Å²) in [5.41, 5.74) is -0.977. The maximum atomic E-state index is 16.1. The van der Waals surface area contributed by atoms with Crippen molar-refractivity contribution in [3.8, 4) is 0 Å². The average Bonchev–Trinajstić information content (AvgIpc) is 3.64. The first-order valence-electron chi connectivity index (χ1n) is 15.1. The van der Waals surface area contributed by atoms with Crippen LogP contribution in [0.1, 0.15) is 44.2 Å². The summed E-state index contributed by atoms with van der Waals surface area (Å²) in [5, 5.41) is 33.7. The van der Waals surface area contributed by atoms with Crippen molar-refractivity contribution in [2.45, 2.75) is 82.1 Å². The van der Waals surface area contributed by atoms with Gasteiger partial charge in [-0.05, 0) is 56.6 Å². The van der Waals surface area contributed by atoms with Crippen molar-refractivity contribution < 1.29 is 38.4 Å². The fraction of sp³-hybridized carbons (Fsp3) is 0.516. The van der Waals surface area contributed by atoms with E-state index in [1.165, 1.54) is 43.1 Å². The minimum atomic E-state index is -3.59. The molecular formula is C31H39FN4O8Si. The molecule has 3 N–H and O–H groups in total. The molecule has 3 aliphatic rings. The maximum absolute atomic E-state index is 16.1. The van der Waals surface area contributed by atoms with Crippen molar-refractivity contribution in [3.05, 3.63) is 63.7 Å². The van der Waals surface area contributed by atoms with Crippen molar-refractivity contribution >= 4 is 43.2 Å². The second kappa shape index (κ2) is 12.2. The lowest BCUT2D eigenvalue weighted by molar-refractivity contribution is -0.385. The van der Waals surface area contributed by atoms with Gasteiger partial charge in [0.05, 0.1) is 42.3 Å². The summed E-state index contributed by atoms with van der Waals surface area (Å²) in [4.78, 5) is 54.2. The quantitative estimate of drug-likeness (QED) is 0.162. The highest BCUT2D eigenvalue weighted by Crippen LogP contribution is 2.60. The van der Waals surface area contributed by atoms with Crippen LogP contribution in [0.4, 0.5) is 21.2 Å². The van der Waals surface area contributed by atoms with Crippen LogP contribution in [0.5, 0.6) is 0 Å². The summed E-state index contributed by atoms with van der Waals surface area (Å²) in [6.07, 6.45) is -0.909. The summed E-state index contributed by atoms with van der Waals surface area (Å²) in [5.74, 6) is -2.09. The number of rotatable bonds is 9. The van der Waals surface area contributed by atoms with Crippen molar-refractivity contribution in [1.29, 1.82) is 0 Å². The van der Waals surface area contributed by atoms with Gasteiger partial charge in [-0.2, -0.15) is 0 Å². The van der Waals surface area contributed by atoms with Gasteiger partial charge in [0, 0.05) is 41.4 Å². The standard InChI is InChI=1S/C31H39FN4O8Si/c1-18-28(45(3,4)32)26(15-27(39)34-13-5-6-23(34)17-37)44-31(18)24-14-22(36(42)43)11-12-25(24)35(30(31)41)16-20-7-9-21(10-8-20)33-29(40)19(2)38/h7-12,14,18-19,23,26,28,37-38H,5-6,13,15-17H2,1-4H3,(H,33,40)/t18-,19+,23+,26+,28-,31+/m1/s1. The normalized spacial score (nSPS) is 26.8. The molecule has 2 aromatic rings. The molecule has 45 heavy (non-hydrogen) atoms. The number of nitrogens with zero attached hydrogens (tertiary/aromatic N) is 3. The topological polar surface area (TPSA) is 163 Å². The number of carbonyl (C=O) groups excluding carboxylic acids is 3. The van der Waals surface area contributed by atoms with Gasteiger partial charge >= 0.3 is 0 Å². The van der Waals surface area contributed by atoms with Crippen LogP contribution in [0.3, 0.4) is 0 Å². The molecule has 0 aromatic heterocycles. The first-order chi connectivity index (χ1) is 21.2. The molecule has 2 saturated heterocycles. The molecule has 242 valence electrons. The van der Waals surface area contributed by atoms with Crippen LogP contribution in [0, 0.1) is 16.0 Å². The van der Waals surface area contributed by atoms with E-state index < -0.39 is 54.4 Å². The molecule has 6 atom stereocenters. The van der Waals surface area contributed by atoms with E-state index in [0.29, 0.717) is 29.9 Å². The van der Waals surface area contributed by atoms with Gasteiger partial charge in [0.15, 0.2) is 5.60 Å². The lowest BCUT2D eigenvalue weighted by atomic mass is 9.82. The molecule has 0 radical (unpaired) electrons. The van der Waals surface area contributed by atoms with E-state index >= 15 is 4.11 Å². The number of aliphatic hydroxyl groups excluding tert-OH is 2. The minimum Gasteiger partial charge on any atom is -0.394 e. The van der Waals surface area contributed by atoms with Crippen LogP contribution in [0.15, 0.2) is 42.5 Å². The van der Waals surface area contributed by atoms with Gasteiger partial charge in [-0.15, -0.1) is 0 Å². The van der Waals surface area contributed by atoms with Crippen LogP contribution in [0.25, 0.3) is 0 Å². The van der Waals surface area contributed by atoms with Gasteiger partial charge in [0.1, 0.15) is 6.10 Å². The molecule has 0 unspecified atom stereocenters. The number of nitrogens with one attached hydrogen (secondary N) is 1. The van der Waals surface area contributed by atoms with Crippen LogP contribution in [-0.4, -0.2) is 77.6 Å². The fourth-order valence-corrected chi connectivity index (χ4v) is 9.77. The predicted octanol–water partition coefficient (Wildman–Crippen LogP) is 3.61. The lowest BCUT2D eigenvalue weighted by Gasteiger charge is -2.31. The Labute approximate surface area is 261 Å². The SMILES string of the molecule is C[C@H](O)C(=O)Nc1ccc(CN2C(=O)[C@@]3(O[C@@H](CC(=O)N4CCC[C@H]4CO)[C@H]([Si](C)(C)F)[C@H]3C)c3cc([N+](=O)[O-])ccc32)cc1. The number of nitro groups is 1. The van der Waals surface area contributed by atoms with E-state index in [1.54, 1.807) is 36.1 Å². The monoisotopic (exact) mass is 642 g/mol. The molecule has 1 spiro atoms. The largest absolute Gasteiger partial charge is 0.394 e. The Kier molecular flexibility index (Phi) is 8.88. The first-order valence-corrected chi connectivity index (χ1v) is 18.1. The number of anilines is 2. The van der Waals surface area contributed by atoms with Crippen LogP contribution < -0.4 is 10.2 Å². The molecule has 0 saturated carbocycles. The number of nitro benzene ring substituents is 1. The minimum absolute atomic E-state index is 0.0583. The summed E-state index contributed by atoms with van der Waals surface area (Å²) < 4.78 is 22.7. The number of aliphatic hydroxyl groups is 2. The van der Waals surface area contributed by atoms with Crippen LogP contribution in [0.2, 0.25) is 18.6 Å². The zero-order chi connectivity index (χ0) is 32.8. The highest BCUT2D eigenvalue weighted by atomic mass is 28.4. The van der Waals surface area contributed by atoms with E-state index in [0.717, 1.165) is 6.42 Å². The molecule has 14 heteroatoms. The molecule has 12 nitrogen and oxygen atoms in total. The summed E-state index contributed by atoms with van der Waals surface area (Å²) in [6.45, 7) is 6.46. The number of amides is 3. The predicted molar refractivity (Wildman–Crippen MR) is 166 cm³/mol. The second-order valence-corrected chi connectivity index (χ2v) is 16.5. The number of halogens is 1. The summed E-state index contributed by atoms with van der Waals surface area (Å²) in [6, 6.07) is 10.5. The van der Waals surface area contributed by atoms with Gasteiger partial charge in [0.25, 0.3) is 17.5 Å². The zero-order valence-electron chi connectivity index (χ0n) is 25.7. The Morgan fingerprint density at radius 2 is 1.93 bits per heavy atom. The Morgan fingerprint density at radius 1 is 1.24 bits per heavy atom. The Balaban J connectivity index is 1.51. The Morgan fingerprint density at radius 3 is 2.53 bits per heavy atom. The van der Waals surface area contributed by atoms with E-state index in [-0.39, 0.29) is 42.8 Å². The van der Waals surface area contributed by atoms with Gasteiger partial charge in [0.2, 0.25) is 14.3 Å². The number of likely N-dealkylation sites (tertiary alicyclic amines) is 1. The van der Waals surface area contributed by atoms with Crippen molar-refractivity contribution in [2.24, 2.45) is 5.92 Å². The molecule has 2 fully saturated rings. The van der Waals surface area contributed by atoms with E-state index in [2.05, 4.69) is 5.32 Å². The van der Waals surface area contributed by atoms with Gasteiger partial charge in [-0.3, -0.25) is 24.5 Å². The molecule has 0 bridgehead atoms. The molecular weight excluding hydrogens is 603 g/mol. The average molecular weight is 643 g/mol. The van der Waals surface area contributed by atoms with Crippen molar-refractivity contribution in [3.63, 3.8) is 0 Å². The van der Waals surface area contributed by atoms with E-state index in [9.17, 15) is 34.7 Å². The van der Waals surface area contributed by atoms with Crippen LogP contribution >= 0.6 is 0 Å². The third-order valence-electron chi connectivity index (χ3n) is 9.38. The number of benzene rings is 2. The van der Waals surface area contributed by atoms with Crippen LogP contribution in [-0.2, 0) is 31.3 Å². The number of fused-ring (bicyclic) bond motifs is 2. The van der Waals surface area contributed by atoms with E-state index in [4.69, 9.17) is 4.74 Å². The van der Waals surface area contributed by atoms with Crippen molar-refractivity contribution in [1.82, 2.24) is 4.90 Å². The number of hydrogen-bond acceptors (Lipinski definition) is 8. The summed E-state index contributed by atoms with van der Waals surface area (Å²) >= 11 is 0. The molecule has 0 aliphatic carbocycles. The molecule has 3 aliphatic heterocycles. The fourth-order valence-electron chi connectivity index (χ4n) is 7.27. The van der Waals surface area contributed by atoms with E-state index in [1.807, 2.05) is 0 Å². The lowest BCUT2D eigenvalue weighted by Crippen LogP contribution is -2.45. The number of hydrogen-bond donors (Lipinski definition) is 3. The zero-order valence-corrected chi connectivity index (χ0v) is 26.7. The highest BCUT2D eigenvalue weighted by Gasteiger charge is 2.67. The van der Waals surface area contributed by atoms with Gasteiger partial charge in [-0.1, -0.05) is 19.1 Å². The highest BCUT2D eigenvalue weighted by molar-refractivity contribution is 6.72. The van der Waals surface area contributed by atoms with Gasteiger partial charge in [-0.25, -0.2) is 0 Å². The third kappa shape index (κ3) is 5.87. The first kappa shape index (κ1) is 32.7. The maximum Gasteiger partial charge on any atom is 0.269 e. The second-order valence-electron chi connectivity index (χ2n) is 12.8. The number of carbonyl (C=O) groups is 3. The number of non-ortho nitro benzene ring substituents is 1. The Hall–Kier alpha value is -3.72. The molecule has 5 rings (SSSR count). The molecule has 2 aromatic carbocycles. The molecule has 3 amide bonds.